The van der Waals surface area contributed by atoms with Crippen LogP contribution in [0.1, 0.15) is 38.2 Å². The van der Waals surface area contributed by atoms with E-state index in [2.05, 4.69) is 11.6 Å². The molecule has 0 saturated heterocycles. The fraction of sp³-hybridized carbons (Fsp3) is 0.600. The lowest BCUT2D eigenvalue weighted by molar-refractivity contribution is 0.191. The first-order chi connectivity index (χ1) is 9.39. The number of hydrogen-bond donors (Lipinski definition) is 2. The van der Waals surface area contributed by atoms with Crippen LogP contribution in [0.5, 0.6) is 0 Å². The first kappa shape index (κ1) is 15.5. The van der Waals surface area contributed by atoms with Crippen LogP contribution in [0.15, 0.2) is 29.2 Å². The summed E-state index contributed by atoms with van der Waals surface area (Å²) >= 11 is 0. The molecule has 2 atom stereocenters. The molecule has 2 unspecified atom stereocenters. The molecular formula is C15H24N2O2S. The van der Waals surface area contributed by atoms with E-state index < -0.39 is 15.6 Å². The van der Waals surface area contributed by atoms with E-state index in [0.717, 1.165) is 31.2 Å². The van der Waals surface area contributed by atoms with Crippen molar-refractivity contribution in [1.82, 2.24) is 4.72 Å². The topological polar surface area (TPSA) is 72.2 Å². The summed E-state index contributed by atoms with van der Waals surface area (Å²) in [6.45, 7) is 4.37. The second-order valence-corrected chi connectivity index (χ2v) is 7.61. The van der Waals surface area contributed by atoms with Gasteiger partial charge in [0.15, 0.2) is 0 Å². The molecule has 1 aliphatic carbocycles. The zero-order valence-corrected chi connectivity index (χ0v) is 13.0. The van der Waals surface area contributed by atoms with Crippen LogP contribution in [0.4, 0.5) is 0 Å². The maximum atomic E-state index is 12.6. The Hall–Kier alpha value is -0.910. The Morgan fingerprint density at radius 1 is 1.30 bits per heavy atom. The van der Waals surface area contributed by atoms with Gasteiger partial charge < -0.3 is 5.73 Å². The van der Waals surface area contributed by atoms with Crippen LogP contribution in [-0.4, -0.2) is 20.5 Å². The molecule has 0 radical (unpaired) electrons. The van der Waals surface area contributed by atoms with Crippen LogP contribution in [-0.2, 0) is 10.0 Å². The van der Waals surface area contributed by atoms with E-state index in [0.29, 0.717) is 11.4 Å². The van der Waals surface area contributed by atoms with Gasteiger partial charge in [0.1, 0.15) is 0 Å². The van der Waals surface area contributed by atoms with Crippen LogP contribution in [0.2, 0.25) is 0 Å². The zero-order valence-electron chi connectivity index (χ0n) is 12.2. The Bertz CT molecular complexity index is 554. The average Bonchev–Trinajstić information content (AvgIpc) is 2.42. The lowest BCUT2D eigenvalue weighted by Crippen LogP contribution is -2.58. The highest BCUT2D eigenvalue weighted by Gasteiger charge is 2.40. The molecule has 0 aliphatic heterocycles. The second-order valence-electron chi connectivity index (χ2n) is 5.93. The third-order valence-corrected chi connectivity index (χ3v) is 6.05. The average molecular weight is 296 g/mol. The number of sulfonamides is 1. The van der Waals surface area contributed by atoms with Crippen molar-refractivity contribution in [2.75, 3.05) is 6.54 Å². The molecule has 0 spiro atoms. The summed E-state index contributed by atoms with van der Waals surface area (Å²) in [5.41, 5.74) is 6.46. The molecule has 1 aromatic carbocycles. The molecule has 1 aliphatic rings. The summed E-state index contributed by atoms with van der Waals surface area (Å²) in [6, 6.07) is 6.92. The minimum atomic E-state index is -3.51. The van der Waals surface area contributed by atoms with E-state index >= 15 is 0 Å². The first-order valence-corrected chi connectivity index (χ1v) is 8.69. The lowest BCUT2D eigenvalue weighted by Gasteiger charge is -2.42. The van der Waals surface area contributed by atoms with Crippen molar-refractivity contribution >= 4 is 10.0 Å². The quantitative estimate of drug-likeness (QED) is 0.894. The van der Waals surface area contributed by atoms with Crippen LogP contribution >= 0.6 is 0 Å². The molecule has 112 valence electrons. The largest absolute Gasteiger partial charge is 0.329 e. The van der Waals surface area contributed by atoms with Crippen LogP contribution in [0.3, 0.4) is 0 Å². The maximum Gasteiger partial charge on any atom is 0.241 e. The van der Waals surface area contributed by atoms with Crippen molar-refractivity contribution < 1.29 is 8.42 Å². The third-order valence-electron chi connectivity index (χ3n) is 4.49. The summed E-state index contributed by atoms with van der Waals surface area (Å²) in [4.78, 5) is 0.314. The van der Waals surface area contributed by atoms with Crippen molar-refractivity contribution in [2.24, 2.45) is 11.7 Å². The van der Waals surface area contributed by atoms with Gasteiger partial charge in [-0.1, -0.05) is 37.5 Å². The molecule has 3 N–H and O–H groups in total. The summed E-state index contributed by atoms with van der Waals surface area (Å²) in [5, 5.41) is 0. The highest BCUT2D eigenvalue weighted by molar-refractivity contribution is 7.89. The Labute approximate surface area is 121 Å². The van der Waals surface area contributed by atoms with Gasteiger partial charge in [-0.05, 0) is 37.8 Å². The minimum absolute atomic E-state index is 0.265. The van der Waals surface area contributed by atoms with E-state index in [1.54, 1.807) is 12.1 Å². The number of nitrogens with one attached hydrogen (secondary N) is 1. The summed E-state index contributed by atoms with van der Waals surface area (Å²) in [7, 11) is -3.51. The number of nitrogens with two attached hydrogens (primary N) is 1. The number of benzene rings is 1. The molecule has 1 fully saturated rings. The van der Waals surface area contributed by atoms with Crippen molar-refractivity contribution in [3.8, 4) is 0 Å². The highest BCUT2D eigenvalue weighted by Crippen LogP contribution is 2.34. The maximum absolute atomic E-state index is 12.6. The summed E-state index contributed by atoms with van der Waals surface area (Å²) in [6.07, 6.45) is 4.01. The molecule has 0 aromatic heterocycles. The first-order valence-electron chi connectivity index (χ1n) is 7.20. The number of hydrogen-bond acceptors (Lipinski definition) is 3. The molecule has 2 rings (SSSR count). The Morgan fingerprint density at radius 2 is 1.95 bits per heavy atom. The normalized spacial score (nSPS) is 27.4. The Balaban J connectivity index is 2.28. The van der Waals surface area contributed by atoms with Crippen molar-refractivity contribution in [2.45, 2.75) is 50.0 Å². The monoisotopic (exact) mass is 296 g/mol. The molecule has 4 nitrogen and oxygen atoms in total. The number of aryl methyl sites for hydroxylation is 1. The van der Waals surface area contributed by atoms with E-state index in [1.807, 2.05) is 19.1 Å². The van der Waals surface area contributed by atoms with E-state index in [4.69, 9.17) is 5.73 Å². The van der Waals surface area contributed by atoms with Crippen molar-refractivity contribution in [1.29, 1.82) is 0 Å². The summed E-state index contributed by atoms with van der Waals surface area (Å²) in [5.74, 6) is 0.265. The fourth-order valence-corrected chi connectivity index (χ4v) is 4.49. The second kappa shape index (κ2) is 5.84. The van der Waals surface area contributed by atoms with Crippen LogP contribution in [0, 0.1) is 12.8 Å². The van der Waals surface area contributed by atoms with Gasteiger partial charge in [0, 0.05) is 12.1 Å². The molecule has 20 heavy (non-hydrogen) atoms. The van der Waals surface area contributed by atoms with Crippen molar-refractivity contribution in [3.05, 3.63) is 29.8 Å². The zero-order chi connectivity index (χ0) is 14.8. The van der Waals surface area contributed by atoms with Crippen LogP contribution < -0.4 is 10.5 Å². The molecule has 1 aromatic rings. The third kappa shape index (κ3) is 3.05. The fourth-order valence-electron chi connectivity index (χ4n) is 2.95. The van der Waals surface area contributed by atoms with Gasteiger partial charge in [-0.2, -0.15) is 0 Å². The Kier molecular flexibility index (Phi) is 4.52. The van der Waals surface area contributed by atoms with Gasteiger partial charge in [-0.25, -0.2) is 13.1 Å². The number of rotatable bonds is 4. The molecule has 5 heteroatoms. The molecule has 0 heterocycles. The predicted molar refractivity (Wildman–Crippen MR) is 80.9 cm³/mol. The van der Waals surface area contributed by atoms with E-state index in [1.165, 1.54) is 0 Å². The van der Waals surface area contributed by atoms with Gasteiger partial charge in [-0.15, -0.1) is 0 Å². The van der Waals surface area contributed by atoms with E-state index in [-0.39, 0.29) is 5.92 Å². The standard InChI is InChI=1S/C15H24N2O2S/c1-12-6-8-14(9-7-12)20(18,19)17-15(11-16)10-4-3-5-13(15)2/h6-9,13,17H,3-5,10-11,16H2,1-2H3. The SMILES string of the molecule is Cc1ccc(S(=O)(=O)NC2(CN)CCCCC2C)cc1. The van der Waals surface area contributed by atoms with Crippen molar-refractivity contribution in [3.63, 3.8) is 0 Å². The van der Waals surface area contributed by atoms with Gasteiger partial charge in [0.2, 0.25) is 10.0 Å². The smallest absolute Gasteiger partial charge is 0.241 e. The molecule has 0 bridgehead atoms. The molecule has 0 amide bonds. The van der Waals surface area contributed by atoms with Crippen LogP contribution in [0.25, 0.3) is 0 Å². The van der Waals surface area contributed by atoms with E-state index in [9.17, 15) is 8.42 Å². The van der Waals surface area contributed by atoms with Gasteiger partial charge >= 0.3 is 0 Å². The highest BCUT2D eigenvalue weighted by atomic mass is 32.2. The van der Waals surface area contributed by atoms with Gasteiger partial charge in [-0.3, -0.25) is 0 Å². The van der Waals surface area contributed by atoms with Gasteiger partial charge in [0.25, 0.3) is 0 Å². The summed E-state index contributed by atoms with van der Waals surface area (Å²) < 4.78 is 28.0. The van der Waals surface area contributed by atoms with Gasteiger partial charge in [0.05, 0.1) is 4.90 Å². The predicted octanol–water partition coefficient (Wildman–Crippen LogP) is 2.18. The molecular weight excluding hydrogens is 272 g/mol. The molecule has 1 saturated carbocycles. The minimum Gasteiger partial charge on any atom is -0.329 e. The Morgan fingerprint density at radius 3 is 2.50 bits per heavy atom. The lowest BCUT2D eigenvalue weighted by atomic mass is 9.74.